The Morgan fingerprint density at radius 2 is 1.82 bits per heavy atom. The van der Waals surface area contributed by atoms with Gasteiger partial charge in [0.1, 0.15) is 12.2 Å². The summed E-state index contributed by atoms with van der Waals surface area (Å²) in [7, 11) is 0. The van der Waals surface area contributed by atoms with Crippen LogP contribution >= 0.6 is 0 Å². The molecule has 2 aromatic heterocycles. The van der Waals surface area contributed by atoms with E-state index >= 15 is 0 Å². The fraction of sp³-hybridized carbons (Fsp3) is 0.304. The lowest BCUT2D eigenvalue weighted by molar-refractivity contribution is -0.210. The molecule has 0 aliphatic carbocycles. The van der Waals surface area contributed by atoms with E-state index in [4.69, 9.17) is 11.6 Å². The number of nitrogens with two attached hydrogens (primary N) is 2. The number of nitrogens with zero attached hydrogens (tertiary/aromatic N) is 6. The minimum atomic E-state index is -4.44. The summed E-state index contributed by atoms with van der Waals surface area (Å²) in [4.78, 5) is 32.5. The number of nitriles is 1. The highest BCUT2D eigenvalue weighted by atomic mass is 19.4. The van der Waals surface area contributed by atoms with E-state index in [-0.39, 0.29) is 29.3 Å². The number of alkyl halides is 3. The van der Waals surface area contributed by atoms with Crippen LogP contribution in [0, 0.1) is 35.8 Å². The second-order valence-corrected chi connectivity index (χ2v) is 8.81. The molecular formula is C23H21F5N8O2. The predicted octanol–water partition coefficient (Wildman–Crippen LogP) is 2.09. The zero-order valence-corrected chi connectivity index (χ0v) is 19.8. The molecule has 1 aliphatic heterocycles. The molecule has 3 aromatic rings. The Morgan fingerprint density at radius 3 is 2.42 bits per heavy atom. The number of pyridine rings is 1. The van der Waals surface area contributed by atoms with Gasteiger partial charge in [-0.2, -0.15) is 18.4 Å². The van der Waals surface area contributed by atoms with Crippen molar-refractivity contribution in [2.24, 2.45) is 11.8 Å². The molecule has 4 rings (SSSR count). The van der Waals surface area contributed by atoms with E-state index < -0.39 is 60.3 Å². The van der Waals surface area contributed by atoms with Crippen LogP contribution in [0.5, 0.6) is 0 Å². The molecule has 1 saturated heterocycles. The van der Waals surface area contributed by atoms with Gasteiger partial charge < -0.3 is 5.73 Å². The molecule has 0 spiro atoms. The van der Waals surface area contributed by atoms with E-state index in [2.05, 4.69) is 4.98 Å². The molecule has 10 nitrogen and oxygen atoms in total. The van der Waals surface area contributed by atoms with Gasteiger partial charge in [-0.25, -0.2) is 24.0 Å². The number of likely N-dealkylation sites (tertiary alicyclic amines) is 1. The van der Waals surface area contributed by atoms with Gasteiger partial charge in [-0.1, -0.05) is 0 Å². The Balaban J connectivity index is 1.97. The number of hydrogen-bond donors (Lipinski definition) is 2. The van der Waals surface area contributed by atoms with Gasteiger partial charge in [0.2, 0.25) is 0 Å². The molecule has 200 valence electrons. The molecule has 1 aliphatic rings. The minimum Gasteiger partial charge on any atom is -0.397 e. The first kappa shape index (κ1) is 26.8. The number of rotatable bonds is 6. The summed E-state index contributed by atoms with van der Waals surface area (Å²) < 4.78 is 68.6. The van der Waals surface area contributed by atoms with Gasteiger partial charge >= 0.3 is 11.9 Å². The molecule has 4 N–H and O–H groups in total. The third-order valence-electron chi connectivity index (χ3n) is 6.14. The summed E-state index contributed by atoms with van der Waals surface area (Å²) in [5.74, 6) is 1.97. The summed E-state index contributed by atoms with van der Waals surface area (Å²) in [6, 6.07) is 4.53. The molecule has 0 unspecified atom stereocenters. The summed E-state index contributed by atoms with van der Waals surface area (Å²) >= 11 is 0. The quantitative estimate of drug-likeness (QED) is 0.211. The number of anilines is 3. The molecule has 0 amide bonds. The topological polar surface area (TPSA) is 139 Å². The van der Waals surface area contributed by atoms with Crippen molar-refractivity contribution in [1.29, 1.82) is 5.26 Å². The number of hydrogen-bond acceptors (Lipinski definition) is 8. The molecule has 1 aromatic carbocycles. The van der Waals surface area contributed by atoms with Gasteiger partial charge in [-0.05, 0) is 18.6 Å². The van der Waals surface area contributed by atoms with Crippen molar-refractivity contribution < 1.29 is 22.0 Å². The lowest BCUT2D eigenvalue weighted by atomic mass is 9.99. The highest BCUT2D eigenvalue weighted by Crippen LogP contribution is 2.36. The largest absolute Gasteiger partial charge is 0.397 e. The Kier molecular flexibility index (Phi) is 6.96. The zero-order valence-electron chi connectivity index (χ0n) is 19.8. The molecule has 0 bridgehead atoms. The van der Waals surface area contributed by atoms with Crippen molar-refractivity contribution in [1.82, 2.24) is 19.0 Å². The van der Waals surface area contributed by atoms with Crippen LogP contribution in [0.3, 0.4) is 0 Å². The van der Waals surface area contributed by atoms with Gasteiger partial charge in [0.25, 0.3) is 5.56 Å². The number of benzene rings is 1. The van der Waals surface area contributed by atoms with Crippen LogP contribution < -0.4 is 27.8 Å². The predicted molar refractivity (Wildman–Crippen MR) is 126 cm³/mol. The molecule has 0 saturated carbocycles. The van der Waals surface area contributed by atoms with Gasteiger partial charge in [0.05, 0.1) is 40.9 Å². The normalized spacial score (nSPS) is 14.3. The standard InChI is InChI=1S/C23H21F5N8O2/c1-12-4-14(8-32-7-12)35-21(37)20(36(31)18-6-16(25)15(24)5-17(18)30)19(34(3-2-29)22(35)38)11-33-9-13(10-33)23(26,27)28/h4-8,13H,3,9-11,30-31H2,1H3. The number of aryl methyl sites for hydroxylation is 1. The van der Waals surface area contributed by atoms with Crippen LogP contribution in [0.15, 0.2) is 40.2 Å². The Morgan fingerprint density at radius 1 is 1.16 bits per heavy atom. The van der Waals surface area contributed by atoms with Crippen LogP contribution in [0.2, 0.25) is 0 Å². The fourth-order valence-corrected chi connectivity index (χ4v) is 4.20. The molecule has 1 fully saturated rings. The van der Waals surface area contributed by atoms with Crippen molar-refractivity contribution in [3.05, 3.63) is 74.3 Å². The minimum absolute atomic E-state index is 0.0206. The van der Waals surface area contributed by atoms with Gasteiger partial charge in [0, 0.05) is 38.0 Å². The van der Waals surface area contributed by atoms with E-state index in [1.807, 2.05) is 0 Å². The summed E-state index contributed by atoms with van der Waals surface area (Å²) in [6.45, 7) is -0.168. The van der Waals surface area contributed by atoms with Crippen LogP contribution in [0.4, 0.5) is 39.0 Å². The summed E-state index contributed by atoms with van der Waals surface area (Å²) in [5.41, 5.74) is 3.03. The van der Waals surface area contributed by atoms with E-state index in [0.29, 0.717) is 27.3 Å². The first-order valence-electron chi connectivity index (χ1n) is 11.1. The van der Waals surface area contributed by atoms with E-state index in [1.54, 1.807) is 13.0 Å². The van der Waals surface area contributed by atoms with Crippen LogP contribution in [-0.4, -0.2) is 38.3 Å². The van der Waals surface area contributed by atoms with Gasteiger partial charge in [-0.3, -0.25) is 24.3 Å². The number of hydrazine groups is 1. The number of halogens is 5. The van der Waals surface area contributed by atoms with Crippen LogP contribution in [-0.2, 0) is 13.1 Å². The molecule has 0 atom stereocenters. The second kappa shape index (κ2) is 9.88. The molecule has 15 heteroatoms. The number of nitrogen functional groups attached to an aromatic ring is 1. The smallest absolute Gasteiger partial charge is 0.394 e. The average Bonchev–Trinajstić information content (AvgIpc) is 2.79. The van der Waals surface area contributed by atoms with E-state index in [0.717, 1.165) is 4.57 Å². The summed E-state index contributed by atoms with van der Waals surface area (Å²) in [5, 5.41) is 10.1. The van der Waals surface area contributed by atoms with E-state index in [9.17, 15) is 36.8 Å². The first-order valence-corrected chi connectivity index (χ1v) is 11.1. The maximum Gasteiger partial charge on any atom is 0.394 e. The Hall–Kier alpha value is -4.29. The highest BCUT2D eigenvalue weighted by Gasteiger charge is 2.47. The SMILES string of the molecule is Cc1cncc(-n2c(=O)c(N(N)c3cc(F)c(F)cc3N)c(CN3CC(C(F)(F)F)C3)n(CC#N)c2=O)c1. The monoisotopic (exact) mass is 536 g/mol. The van der Waals surface area contributed by atoms with E-state index in [1.165, 1.54) is 23.4 Å². The number of aromatic nitrogens is 3. The molecule has 38 heavy (non-hydrogen) atoms. The lowest BCUT2D eigenvalue weighted by Crippen LogP contribution is -2.54. The third kappa shape index (κ3) is 4.83. The lowest BCUT2D eigenvalue weighted by Gasteiger charge is -2.40. The third-order valence-corrected chi connectivity index (χ3v) is 6.14. The van der Waals surface area contributed by atoms with Crippen molar-refractivity contribution in [3.63, 3.8) is 0 Å². The van der Waals surface area contributed by atoms with Crippen molar-refractivity contribution >= 4 is 17.1 Å². The maximum atomic E-state index is 14.1. The van der Waals surface area contributed by atoms with Crippen molar-refractivity contribution in [2.45, 2.75) is 26.2 Å². The maximum absolute atomic E-state index is 14.1. The summed E-state index contributed by atoms with van der Waals surface area (Å²) in [6.07, 6.45) is -1.75. The molecular weight excluding hydrogens is 515 g/mol. The van der Waals surface area contributed by atoms with Gasteiger partial charge in [-0.15, -0.1) is 0 Å². The molecule has 0 radical (unpaired) electrons. The van der Waals surface area contributed by atoms with Crippen molar-refractivity contribution in [2.75, 3.05) is 23.8 Å². The Labute approximate surface area is 211 Å². The fourth-order valence-electron chi connectivity index (χ4n) is 4.20. The average molecular weight is 536 g/mol. The zero-order chi connectivity index (χ0) is 27.9. The van der Waals surface area contributed by atoms with Crippen molar-refractivity contribution in [3.8, 4) is 11.8 Å². The van der Waals surface area contributed by atoms with Crippen LogP contribution in [0.25, 0.3) is 5.69 Å². The highest BCUT2D eigenvalue weighted by molar-refractivity contribution is 5.74. The molecule has 3 heterocycles. The van der Waals surface area contributed by atoms with Crippen LogP contribution in [0.1, 0.15) is 11.3 Å². The first-order chi connectivity index (χ1) is 17.8. The second-order valence-electron chi connectivity index (χ2n) is 8.81. The van der Waals surface area contributed by atoms with Gasteiger partial charge in [0.15, 0.2) is 11.6 Å². The Bertz CT molecular complexity index is 1550.